The van der Waals surface area contributed by atoms with E-state index >= 15 is 0 Å². The van der Waals surface area contributed by atoms with Gasteiger partial charge in [0.1, 0.15) is 5.75 Å². The minimum absolute atomic E-state index is 0.100. The number of ether oxygens (including phenoxy) is 1. The zero-order valence-electron chi connectivity index (χ0n) is 27.9. The zero-order chi connectivity index (χ0) is 32.3. The topological polar surface area (TPSA) is 68.6 Å². The number of unbranched alkanes of at least 4 members (excludes halogenated alkanes) is 4. The van der Waals surface area contributed by atoms with Crippen LogP contribution in [-0.2, 0) is 6.54 Å². The van der Waals surface area contributed by atoms with Gasteiger partial charge in [-0.1, -0.05) is 59.3 Å². The highest BCUT2D eigenvalue weighted by atomic mass is 16.6. The van der Waals surface area contributed by atoms with Gasteiger partial charge in [0, 0.05) is 64.6 Å². The summed E-state index contributed by atoms with van der Waals surface area (Å²) in [4.78, 5) is 40.8. The molecule has 0 spiro atoms. The molecule has 1 heterocycles. The van der Waals surface area contributed by atoms with Crippen LogP contribution in [0.2, 0.25) is 0 Å². The Kier molecular flexibility index (Phi) is 12.4. The molecule has 0 N–H and O–H groups in total. The summed E-state index contributed by atoms with van der Waals surface area (Å²) in [7, 11) is 0. The summed E-state index contributed by atoms with van der Waals surface area (Å²) in [5.74, 6) is 1.04. The SMILES string of the molecule is CCCCCCC(=O)c1ccc2c(c1)c1cc(C(=O)c3ccc(OC(=O)N(CC)CC)cc3)ccc1n2CC(CC)CCCC. The van der Waals surface area contributed by atoms with Crippen molar-refractivity contribution in [2.24, 2.45) is 5.92 Å². The fourth-order valence-electron chi connectivity index (χ4n) is 6.14. The van der Waals surface area contributed by atoms with Crippen molar-refractivity contribution in [1.82, 2.24) is 9.47 Å². The van der Waals surface area contributed by atoms with Crippen molar-refractivity contribution < 1.29 is 19.1 Å². The van der Waals surface area contributed by atoms with E-state index in [9.17, 15) is 14.4 Å². The maximum absolute atomic E-state index is 13.7. The van der Waals surface area contributed by atoms with Crippen LogP contribution < -0.4 is 4.74 Å². The van der Waals surface area contributed by atoms with Crippen LogP contribution in [0.15, 0.2) is 60.7 Å². The monoisotopic (exact) mass is 610 g/mol. The summed E-state index contributed by atoms with van der Waals surface area (Å²) < 4.78 is 7.87. The van der Waals surface area contributed by atoms with Gasteiger partial charge in [0.05, 0.1) is 0 Å². The Morgan fingerprint density at radius 3 is 1.91 bits per heavy atom. The van der Waals surface area contributed by atoms with Crippen molar-refractivity contribution in [2.75, 3.05) is 13.1 Å². The predicted molar refractivity (Wildman–Crippen MR) is 185 cm³/mol. The lowest BCUT2D eigenvalue weighted by molar-refractivity contribution is 0.0978. The standard InChI is InChI=1S/C39H50N2O4/c1-6-11-13-14-16-37(42)30-19-23-35-33(25-30)34-26-31(20-24-36(34)41(35)27-28(8-3)15-12-7-2)38(43)29-17-21-32(22-18-29)45-39(44)40(9-4)10-5/h17-26,28H,6-16,27H2,1-5H3. The van der Waals surface area contributed by atoms with Crippen molar-refractivity contribution in [3.05, 3.63) is 77.4 Å². The summed E-state index contributed by atoms with van der Waals surface area (Å²) in [5, 5.41) is 2.01. The largest absolute Gasteiger partial charge is 0.415 e. The molecule has 0 aliphatic rings. The molecule has 1 amide bonds. The molecule has 0 aliphatic heterocycles. The first kappa shape index (κ1) is 34.0. The number of benzene rings is 3. The quantitative estimate of drug-likeness (QED) is 0.0881. The second-order valence-corrected chi connectivity index (χ2v) is 12.1. The highest BCUT2D eigenvalue weighted by molar-refractivity contribution is 6.15. The number of ketones is 2. The minimum atomic E-state index is -0.403. The summed E-state index contributed by atoms with van der Waals surface area (Å²) in [5.41, 5.74) is 4.04. The molecule has 0 fully saturated rings. The van der Waals surface area contributed by atoms with Gasteiger partial charge in [-0.3, -0.25) is 9.59 Å². The molecule has 4 aromatic rings. The highest BCUT2D eigenvalue weighted by Gasteiger charge is 2.19. The Morgan fingerprint density at radius 2 is 1.31 bits per heavy atom. The van der Waals surface area contributed by atoms with Crippen LogP contribution in [0.3, 0.4) is 0 Å². The number of rotatable bonds is 17. The van der Waals surface area contributed by atoms with Gasteiger partial charge < -0.3 is 14.2 Å². The first-order chi connectivity index (χ1) is 21.8. The van der Waals surface area contributed by atoms with Crippen molar-refractivity contribution in [3.63, 3.8) is 0 Å². The predicted octanol–water partition coefficient (Wildman–Crippen LogP) is 10.2. The third kappa shape index (κ3) is 8.22. The fraction of sp³-hybridized carbons (Fsp3) is 0.462. The molecule has 6 nitrogen and oxygen atoms in total. The van der Waals surface area contributed by atoms with E-state index < -0.39 is 6.09 Å². The van der Waals surface area contributed by atoms with Crippen molar-refractivity contribution in [1.29, 1.82) is 0 Å². The molecule has 1 aromatic heterocycles. The Bertz CT molecular complexity index is 1600. The van der Waals surface area contributed by atoms with Crippen LogP contribution in [0.5, 0.6) is 5.75 Å². The Balaban J connectivity index is 1.69. The molecule has 1 unspecified atom stereocenters. The summed E-state index contributed by atoms with van der Waals surface area (Å²) in [6.45, 7) is 12.5. The van der Waals surface area contributed by atoms with Crippen LogP contribution in [0.4, 0.5) is 4.79 Å². The number of hydrogen-bond acceptors (Lipinski definition) is 4. The number of aromatic nitrogens is 1. The highest BCUT2D eigenvalue weighted by Crippen LogP contribution is 2.33. The Morgan fingerprint density at radius 1 is 0.711 bits per heavy atom. The first-order valence-corrected chi connectivity index (χ1v) is 17.1. The lowest BCUT2D eigenvalue weighted by Gasteiger charge is -2.18. The average molecular weight is 611 g/mol. The van der Waals surface area contributed by atoms with Crippen LogP contribution >= 0.6 is 0 Å². The van der Waals surface area contributed by atoms with E-state index in [2.05, 4.69) is 37.5 Å². The Hall–Kier alpha value is -3.93. The summed E-state index contributed by atoms with van der Waals surface area (Å²) in [6, 6.07) is 18.8. The lowest BCUT2D eigenvalue weighted by atomic mass is 9.99. The molecule has 0 aliphatic carbocycles. The smallest absolute Gasteiger partial charge is 0.410 e. The molecule has 45 heavy (non-hydrogen) atoms. The normalized spacial score (nSPS) is 12.0. The van der Waals surface area contributed by atoms with Crippen LogP contribution in [0, 0.1) is 5.92 Å². The molecule has 0 saturated heterocycles. The minimum Gasteiger partial charge on any atom is -0.410 e. The third-order valence-corrected chi connectivity index (χ3v) is 9.03. The molecular weight excluding hydrogens is 560 g/mol. The van der Waals surface area contributed by atoms with E-state index in [0.29, 0.717) is 42.3 Å². The van der Waals surface area contributed by atoms with Crippen molar-refractivity contribution >= 4 is 39.5 Å². The average Bonchev–Trinajstić information content (AvgIpc) is 3.37. The third-order valence-electron chi connectivity index (χ3n) is 9.03. The molecule has 1 atom stereocenters. The molecule has 0 radical (unpaired) electrons. The molecule has 6 heteroatoms. The molecular formula is C39H50N2O4. The van der Waals surface area contributed by atoms with Gasteiger partial charge in [-0.05, 0) is 93.3 Å². The van der Waals surface area contributed by atoms with Gasteiger partial charge in [-0.2, -0.15) is 0 Å². The van der Waals surface area contributed by atoms with Gasteiger partial charge in [0.2, 0.25) is 0 Å². The van der Waals surface area contributed by atoms with E-state index in [4.69, 9.17) is 4.74 Å². The zero-order valence-corrected chi connectivity index (χ0v) is 27.9. The number of carbonyl (C=O) groups is 3. The van der Waals surface area contributed by atoms with Gasteiger partial charge in [0.25, 0.3) is 0 Å². The van der Waals surface area contributed by atoms with E-state index in [1.165, 1.54) is 19.3 Å². The molecule has 0 saturated carbocycles. The summed E-state index contributed by atoms with van der Waals surface area (Å²) >= 11 is 0. The number of nitrogens with zero attached hydrogens (tertiary/aromatic N) is 2. The van der Waals surface area contributed by atoms with E-state index in [1.54, 1.807) is 29.2 Å². The van der Waals surface area contributed by atoms with Gasteiger partial charge >= 0.3 is 6.09 Å². The lowest BCUT2D eigenvalue weighted by Crippen LogP contribution is -2.33. The number of fused-ring (bicyclic) bond motifs is 3. The molecule has 240 valence electrons. The second-order valence-electron chi connectivity index (χ2n) is 12.1. The summed E-state index contributed by atoms with van der Waals surface area (Å²) in [6.07, 6.45) is 9.10. The number of Topliss-reactive ketones (excluding diaryl/α,β-unsaturated/α-hetero) is 1. The van der Waals surface area contributed by atoms with E-state index in [1.807, 2.05) is 38.1 Å². The molecule has 4 rings (SSSR count). The maximum Gasteiger partial charge on any atom is 0.415 e. The maximum atomic E-state index is 13.7. The Labute approximate surface area is 268 Å². The van der Waals surface area contributed by atoms with E-state index in [-0.39, 0.29) is 11.6 Å². The van der Waals surface area contributed by atoms with Crippen LogP contribution in [0.25, 0.3) is 21.8 Å². The first-order valence-electron chi connectivity index (χ1n) is 17.1. The fourth-order valence-corrected chi connectivity index (χ4v) is 6.14. The van der Waals surface area contributed by atoms with Crippen LogP contribution in [-0.4, -0.2) is 40.2 Å². The molecule has 0 bridgehead atoms. The van der Waals surface area contributed by atoms with Crippen LogP contribution in [0.1, 0.15) is 119 Å². The second kappa shape index (κ2) is 16.4. The number of carbonyl (C=O) groups excluding carboxylic acids is 3. The number of amides is 1. The van der Waals surface area contributed by atoms with Crippen molar-refractivity contribution in [2.45, 2.75) is 99.0 Å². The van der Waals surface area contributed by atoms with E-state index in [0.717, 1.165) is 66.0 Å². The van der Waals surface area contributed by atoms with Gasteiger partial charge in [0.15, 0.2) is 11.6 Å². The molecule has 3 aromatic carbocycles. The van der Waals surface area contributed by atoms with Gasteiger partial charge in [-0.25, -0.2) is 4.79 Å². The number of hydrogen-bond donors (Lipinski definition) is 0. The van der Waals surface area contributed by atoms with Gasteiger partial charge in [-0.15, -0.1) is 0 Å². The van der Waals surface area contributed by atoms with Crippen molar-refractivity contribution in [3.8, 4) is 5.75 Å².